The zero-order valence-corrected chi connectivity index (χ0v) is 19.6. The van der Waals surface area contributed by atoms with E-state index in [1.165, 1.54) is 37.0 Å². The summed E-state index contributed by atoms with van der Waals surface area (Å²) in [4.78, 5) is 13.1. The molecule has 1 N–H and O–H groups in total. The van der Waals surface area contributed by atoms with E-state index in [4.69, 9.17) is 4.98 Å². The molecule has 172 valence electrons. The van der Waals surface area contributed by atoms with E-state index in [1.807, 2.05) is 35.0 Å². The van der Waals surface area contributed by atoms with Crippen LogP contribution in [0.5, 0.6) is 0 Å². The summed E-state index contributed by atoms with van der Waals surface area (Å²) in [7, 11) is 0. The summed E-state index contributed by atoms with van der Waals surface area (Å²) in [5.74, 6) is -2.19. The Morgan fingerprint density at radius 3 is 2.56 bits per heavy atom. The van der Waals surface area contributed by atoms with Gasteiger partial charge in [-0.1, -0.05) is 30.3 Å². The molecule has 5 aromatic rings. The van der Waals surface area contributed by atoms with Crippen molar-refractivity contribution in [3.8, 4) is 21.8 Å². The summed E-state index contributed by atoms with van der Waals surface area (Å²) in [5, 5.41) is 21.0. The van der Waals surface area contributed by atoms with Gasteiger partial charge < -0.3 is 5.11 Å². The molecular weight excluding hydrogens is 476 g/mol. The molecule has 0 aliphatic carbocycles. The van der Waals surface area contributed by atoms with E-state index < -0.39 is 23.2 Å². The topological polar surface area (TPSA) is 76.7 Å². The Morgan fingerprint density at radius 1 is 1.09 bits per heavy atom. The second-order valence-electron chi connectivity index (χ2n) is 7.93. The van der Waals surface area contributed by atoms with Crippen LogP contribution in [0.2, 0.25) is 0 Å². The van der Waals surface area contributed by atoms with Gasteiger partial charge in [0.05, 0.1) is 18.2 Å². The largest absolute Gasteiger partial charge is 0.385 e. The van der Waals surface area contributed by atoms with Gasteiger partial charge in [-0.25, -0.2) is 23.7 Å². The number of aromatic nitrogens is 5. The molecule has 0 saturated heterocycles. The zero-order chi connectivity index (χ0) is 23.7. The van der Waals surface area contributed by atoms with Crippen LogP contribution in [0.3, 0.4) is 0 Å². The van der Waals surface area contributed by atoms with Gasteiger partial charge in [-0.3, -0.25) is 4.68 Å². The molecule has 2 aromatic carbocycles. The highest BCUT2D eigenvalue weighted by Crippen LogP contribution is 2.41. The molecule has 0 radical (unpaired) electrons. The molecule has 3 aromatic heterocycles. The molecule has 0 fully saturated rings. The van der Waals surface area contributed by atoms with Crippen LogP contribution in [0.1, 0.15) is 23.4 Å². The minimum absolute atomic E-state index is 0.0106. The average Bonchev–Trinajstić information content (AvgIpc) is 3.60. The molecule has 5 rings (SSSR count). The Bertz CT molecular complexity index is 1380. The van der Waals surface area contributed by atoms with E-state index in [1.54, 1.807) is 22.2 Å². The van der Waals surface area contributed by atoms with Crippen molar-refractivity contribution < 1.29 is 13.9 Å². The second-order valence-corrected chi connectivity index (χ2v) is 9.71. The summed E-state index contributed by atoms with van der Waals surface area (Å²) in [6, 6.07) is 11.1. The lowest BCUT2D eigenvalue weighted by molar-refractivity contribution is 0.0156. The second kappa shape index (κ2) is 9.13. The first kappa shape index (κ1) is 22.5. The Kier molecular flexibility index (Phi) is 6.03. The first-order valence-electron chi connectivity index (χ1n) is 10.4. The van der Waals surface area contributed by atoms with E-state index in [0.717, 1.165) is 34.0 Å². The third kappa shape index (κ3) is 4.39. The van der Waals surface area contributed by atoms with Crippen LogP contribution in [0, 0.1) is 11.6 Å². The molecule has 34 heavy (non-hydrogen) atoms. The van der Waals surface area contributed by atoms with Crippen LogP contribution >= 0.6 is 22.7 Å². The van der Waals surface area contributed by atoms with Crippen LogP contribution in [0.25, 0.3) is 21.8 Å². The highest BCUT2D eigenvalue weighted by molar-refractivity contribution is 7.13. The number of aliphatic hydroxyl groups is 1. The van der Waals surface area contributed by atoms with E-state index in [0.29, 0.717) is 5.01 Å². The van der Waals surface area contributed by atoms with Gasteiger partial charge in [-0.2, -0.15) is 5.10 Å². The van der Waals surface area contributed by atoms with Crippen molar-refractivity contribution in [3.63, 3.8) is 0 Å². The highest BCUT2D eigenvalue weighted by Gasteiger charge is 2.39. The summed E-state index contributed by atoms with van der Waals surface area (Å²) < 4.78 is 29.7. The Morgan fingerprint density at radius 2 is 1.88 bits per heavy atom. The molecule has 2 atom stereocenters. The number of benzene rings is 2. The molecule has 0 spiro atoms. The quantitative estimate of drug-likeness (QED) is 0.323. The van der Waals surface area contributed by atoms with Crippen molar-refractivity contribution in [2.45, 2.75) is 25.0 Å². The number of hydrogen-bond acceptors (Lipinski definition) is 7. The van der Waals surface area contributed by atoms with Crippen LogP contribution in [-0.4, -0.2) is 29.8 Å². The molecule has 0 bridgehead atoms. The summed E-state index contributed by atoms with van der Waals surface area (Å²) in [6.45, 7) is 1.72. The molecule has 3 heterocycles. The lowest BCUT2D eigenvalue weighted by atomic mass is 9.82. The van der Waals surface area contributed by atoms with Crippen molar-refractivity contribution in [3.05, 3.63) is 94.3 Å². The van der Waals surface area contributed by atoms with E-state index >= 15 is 0 Å². The minimum atomic E-state index is -1.69. The Hall–Kier alpha value is -3.34. The van der Waals surface area contributed by atoms with Crippen LogP contribution < -0.4 is 0 Å². The van der Waals surface area contributed by atoms with Crippen molar-refractivity contribution in [1.29, 1.82) is 0 Å². The van der Waals surface area contributed by atoms with Gasteiger partial charge in [0.2, 0.25) is 0 Å². The Balaban J connectivity index is 1.50. The van der Waals surface area contributed by atoms with E-state index in [9.17, 15) is 13.9 Å². The Labute approximate surface area is 202 Å². The number of nitrogens with zero attached hydrogens (tertiary/aromatic N) is 5. The normalized spacial score (nSPS) is 14.1. The van der Waals surface area contributed by atoms with Gasteiger partial charge in [-0.05, 0) is 13.0 Å². The highest BCUT2D eigenvalue weighted by atomic mass is 32.1. The van der Waals surface area contributed by atoms with E-state index in [2.05, 4.69) is 15.1 Å². The fraction of sp³-hybridized carbons (Fsp3) is 0.167. The SMILES string of the molecule is C[C@](O)(c1ccc(F)cc1F)[C@@H](Cn1cncn1)c1nc(-c2ccc(-c3nccs3)cc2)cs1. The smallest absolute Gasteiger partial charge is 0.137 e. The van der Waals surface area contributed by atoms with Crippen LogP contribution in [0.15, 0.2) is 72.1 Å². The standard InChI is InChI=1S/C24H19F2N5OS2/c1-24(32,18-7-6-17(25)10-20(18)26)19(11-31-14-27-13-29-31)23-30-21(12-34-23)15-2-4-16(5-3-15)22-28-8-9-33-22/h2-10,12-14,19,32H,11H2,1H3/t19-,24-/m0/s1. The fourth-order valence-corrected chi connectivity index (χ4v) is 5.51. The number of hydrogen-bond donors (Lipinski definition) is 1. The molecule has 0 aliphatic rings. The predicted molar refractivity (Wildman–Crippen MR) is 127 cm³/mol. The van der Waals surface area contributed by atoms with Crippen LogP contribution in [-0.2, 0) is 12.1 Å². The minimum Gasteiger partial charge on any atom is -0.385 e. The van der Waals surface area contributed by atoms with Gasteiger partial charge in [0.1, 0.15) is 39.9 Å². The summed E-state index contributed by atoms with van der Waals surface area (Å²) >= 11 is 2.94. The number of halogens is 2. The maximum absolute atomic E-state index is 14.7. The lowest BCUT2D eigenvalue weighted by Gasteiger charge is -2.32. The van der Waals surface area contributed by atoms with Gasteiger partial charge in [0, 0.05) is 39.7 Å². The van der Waals surface area contributed by atoms with Crippen molar-refractivity contribution in [1.82, 2.24) is 24.7 Å². The lowest BCUT2D eigenvalue weighted by Crippen LogP contribution is -2.34. The van der Waals surface area contributed by atoms with Gasteiger partial charge in [-0.15, -0.1) is 22.7 Å². The van der Waals surface area contributed by atoms with Gasteiger partial charge >= 0.3 is 0 Å². The molecule has 6 nitrogen and oxygen atoms in total. The average molecular weight is 496 g/mol. The fourth-order valence-electron chi connectivity index (χ4n) is 3.83. The van der Waals surface area contributed by atoms with E-state index in [-0.39, 0.29) is 12.1 Å². The predicted octanol–water partition coefficient (Wildman–Crippen LogP) is 5.49. The summed E-state index contributed by atoms with van der Waals surface area (Å²) in [6.07, 6.45) is 4.68. The number of thiazole rings is 2. The van der Waals surface area contributed by atoms with Crippen molar-refractivity contribution in [2.24, 2.45) is 0 Å². The number of rotatable bonds is 7. The maximum Gasteiger partial charge on any atom is 0.137 e. The first-order chi connectivity index (χ1) is 16.4. The molecule has 0 unspecified atom stereocenters. The summed E-state index contributed by atoms with van der Waals surface area (Å²) in [5.41, 5.74) is 0.976. The van der Waals surface area contributed by atoms with Gasteiger partial charge in [0.15, 0.2) is 0 Å². The van der Waals surface area contributed by atoms with Crippen molar-refractivity contribution >= 4 is 22.7 Å². The van der Waals surface area contributed by atoms with Gasteiger partial charge in [0.25, 0.3) is 0 Å². The third-order valence-electron chi connectivity index (χ3n) is 5.67. The van der Waals surface area contributed by atoms with Crippen molar-refractivity contribution in [2.75, 3.05) is 0 Å². The first-order valence-corrected chi connectivity index (χ1v) is 12.1. The zero-order valence-electron chi connectivity index (χ0n) is 18.0. The maximum atomic E-state index is 14.7. The third-order valence-corrected chi connectivity index (χ3v) is 7.45. The molecule has 0 aliphatic heterocycles. The molecule has 0 saturated carbocycles. The molecular formula is C24H19F2N5OS2. The monoisotopic (exact) mass is 495 g/mol. The van der Waals surface area contributed by atoms with Crippen LogP contribution in [0.4, 0.5) is 8.78 Å². The molecule has 0 amide bonds. The molecule has 10 heteroatoms.